The van der Waals surface area contributed by atoms with Gasteiger partial charge in [-0.15, -0.1) is 0 Å². The average molecular weight is 370 g/mol. The molecule has 130 valence electrons. The van der Waals surface area contributed by atoms with Crippen molar-refractivity contribution in [2.24, 2.45) is 0 Å². The molecule has 4 rings (SSSR count). The number of hydrogen-bond acceptors (Lipinski definition) is 3. The van der Waals surface area contributed by atoms with Gasteiger partial charge < -0.3 is 0 Å². The number of hydrogen-bond donors (Lipinski definition) is 0. The molecule has 0 spiro atoms. The van der Waals surface area contributed by atoms with Crippen molar-refractivity contribution in [2.45, 2.75) is 0 Å². The fourth-order valence-electron chi connectivity index (χ4n) is 3.01. The van der Waals surface area contributed by atoms with E-state index >= 15 is 0 Å². The Balaban J connectivity index is 1.83. The van der Waals surface area contributed by atoms with Gasteiger partial charge >= 0.3 is 0 Å². The Bertz CT molecular complexity index is 1180. The number of benzene rings is 3. The van der Waals surface area contributed by atoms with Crippen LogP contribution in [0, 0.1) is 0 Å². The van der Waals surface area contributed by atoms with E-state index in [-0.39, 0.29) is 5.28 Å². The van der Waals surface area contributed by atoms with Crippen molar-refractivity contribution in [3.63, 3.8) is 0 Å². The maximum absolute atomic E-state index is 6.20. The molecule has 0 bridgehead atoms. The fraction of sp³-hybridized carbons (Fsp3) is 0. The van der Waals surface area contributed by atoms with Gasteiger partial charge in [0.15, 0.2) is 11.6 Å². The minimum atomic E-state index is 0.163. The van der Waals surface area contributed by atoms with Gasteiger partial charge in [-0.05, 0) is 45.6 Å². The summed E-state index contributed by atoms with van der Waals surface area (Å²) >= 11 is 6.20. The summed E-state index contributed by atoms with van der Waals surface area (Å²) in [4.78, 5) is 13.3. The van der Waals surface area contributed by atoms with E-state index < -0.39 is 0 Å². The van der Waals surface area contributed by atoms with Crippen LogP contribution >= 0.6 is 11.6 Å². The largest absolute Gasteiger partial charge is 0.226 e. The Morgan fingerprint density at radius 3 is 2.00 bits per heavy atom. The van der Waals surface area contributed by atoms with Gasteiger partial charge in [0.2, 0.25) is 5.28 Å². The molecule has 4 heteroatoms. The first kappa shape index (κ1) is 17.1. The molecule has 0 saturated carbocycles. The molecule has 27 heavy (non-hydrogen) atoms. The number of halogens is 1. The smallest absolute Gasteiger partial charge is 0.208 e. The summed E-state index contributed by atoms with van der Waals surface area (Å²) in [7, 11) is 0. The Morgan fingerprint density at radius 2 is 1.30 bits per heavy atom. The molecule has 0 radical (unpaired) electrons. The lowest BCUT2D eigenvalue weighted by molar-refractivity contribution is 1.07. The molecule has 1 aromatic heterocycles. The molecule has 0 amide bonds. The first-order valence-electron chi connectivity index (χ1n) is 8.48. The van der Waals surface area contributed by atoms with Crippen LogP contribution in [-0.4, -0.2) is 15.0 Å². The number of rotatable bonds is 4. The third kappa shape index (κ3) is 3.37. The highest BCUT2D eigenvalue weighted by Gasteiger charge is 2.11. The predicted molar refractivity (Wildman–Crippen MR) is 113 cm³/mol. The molecule has 0 aliphatic carbocycles. The van der Waals surface area contributed by atoms with E-state index in [0.29, 0.717) is 11.6 Å². The van der Waals surface area contributed by atoms with E-state index in [2.05, 4.69) is 52.4 Å². The zero-order valence-electron chi connectivity index (χ0n) is 14.6. The van der Waals surface area contributed by atoms with Gasteiger partial charge in [0.25, 0.3) is 0 Å². The van der Waals surface area contributed by atoms with Crippen LogP contribution < -0.4 is 0 Å². The van der Waals surface area contributed by atoms with Gasteiger partial charge in [-0.3, -0.25) is 0 Å². The van der Waals surface area contributed by atoms with E-state index in [1.165, 1.54) is 0 Å². The van der Waals surface area contributed by atoms with E-state index in [1.807, 2.05) is 36.4 Å². The van der Waals surface area contributed by atoms with Crippen molar-refractivity contribution < 1.29 is 0 Å². The summed E-state index contributed by atoms with van der Waals surface area (Å²) in [6.07, 6.45) is 3.58. The predicted octanol–water partition coefficient (Wildman–Crippen LogP) is 6.30. The maximum atomic E-state index is 6.20. The van der Waals surface area contributed by atoms with Gasteiger partial charge in [-0.2, -0.15) is 9.97 Å². The minimum Gasteiger partial charge on any atom is -0.208 e. The molecule has 0 unspecified atom stereocenters. The van der Waals surface area contributed by atoms with Crippen molar-refractivity contribution >= 4 is 34.5 Å². The topological polar surface area (TPSA) is 38.7 Å². The van der Waals surface area contributed by atoms with Crippen molar-refractivity contribution in [3.8, 4) is 22.8 Å². The summed E-state index contributed by atoms with van der Waals surface area (Å²) in [5.74, 6) is 1.07. The molecule has 0 saturated heterocycles. The van der Waals surface area contributed by atoms with Crippen LogP contribution in [0.5, 0.6) is 0 Å². The Hall–Kier alpha value is -3.30. The molecule has 3 nitrogen and oxygen atoms in total. The highest BCUT2D eigenvalue weighted by atomic mass is 35.5. The summed E-state index contributed by atoms with van der Waals surface area (Å²) in [5, 5.41) is 2.45. The Labute approximate surface area is 162 Å². The van der Waals surface area contributed by atoms with Crippen LogP contribution in [0.15, 0.2) is 73.8 Å². The van der Waals surface area contributed by atoms with Gasteiger partial charge in [0, 0.05) is 11.1 Å². The van der Waals surface area contributed by atoms with Crippen LogP contribution in [0.4, 0.5) is 0 Å². The summed E-state index contributed by atoms with van der Waals surface area (Å²) in [6.45, 7) is 7.68. The molecule has 4 aromatic rings. The van der Waals surface area contributed by atoms with Crippen LogP contribution in [0.3, 0.4) is 0 Å². The van der Waals surface area contributed by atoms with E-state index in [1.54, 1.807) is 12.2 Å². The lowest BCUT2D eigenvalue weighted by Crippen LogP contribution is -1.98. The zero-order chi connectivity index (χ0) is 18.8. The van der Waals surface area contributed by atoms with Crippen LogP contribution in [0.25, 0.3) is 45.7 Å². The molecule has 0 N–H and O–H groups in total. The maximum Gasteiger partial charge on any atom is 0.226 e. The molecule has 3 aromatic carbocycles. The Morgan fingerprint density at radius 1 is 0.667 bits per heavy atom. The second kappa shape index (κ2) is 7.14. The van der Waals surface area contributed by atoms with E-state index in [0.717, 1.165) is 33.0 Å². The first-order valence-corrected chi connectivity index (χ1v) is 8.86. The zero-order valence-corrected chi connectivity index (χ0v) is 15.3. The molecule has 0 atom stereocenters. The van der Waals surface area contributed by atoms with Crippen molar-refractivity contribution in [1.29, 1.82) is 0 Å². The first-order chi connectivity index (χ1) is 13.2. The van der Waals surface area contributed by atoms with Crippen LogP contribution in [0.2, 0.25) is 5.28 Å². The monoisotopic (exact) mass is 369 g/mol. The lowest BCUT2D eigenvalue weighted by Gasteiger charge is -2.08. The summed E-state index contributed by atoms with van der Waals surface area (Å²) < 4.78 is 0. The molecule has 1 heterocycles. The molecular formula is C23H16ClN3. The van der Waals surface area contributed by atoms with Gasteiger partial charge in [0.1, 0.15) is 0 Å². The number of nitrogens with zero attached hydrogens (tertiary/aromatic N) is 3. The van der Waals surface area contributed by atoms with Crippen LogP contribution in [0.1, 0.15) is 11.1 Å². The molecule has 0 fully saturated rings. The standard InChI is InChI=1S/C23H16ClN3/c1-3-15-9-11-19(13-16(15)4-2)21-25-22(27-23(24)26-21)20-12-10-17-7-5-6-8-18(17)14-20/h3-14H,1-2H2. The molecule has 0 aliphatic heterocycles. The van der Waals surface area contributed by atoms with E-state index in [4.69, 9.17) is 11.6 Å². The normalized spacial score (nSPS) is 10.7. The van der Waals surface area contributed by atoms with Crippen LogP contribution in [-0.2, 0) is 0 Å². The second-order valence-electron chi connectivity index (χ2n) is 6.07. The third-order valence-electron chi connectivity index (χ3n) is 4.40. The fourth-order valence-corrected chi connectivity index (χ4v) is 3.17. The third-order valence-corrected chi connectivity index (χ3v) is 4.57. The van der Waals surface area contributed by atoms with E-state index in [9.17, 15) is 0 Å². The van der Waals surface area contributed by atoms with Gasteiger partial charge in [0.05, 0.1) is 0 Å². The lowest BCUT2D eigenvalue weighted by atomic mass is 10.0. The average Bonchev–Trinajstić information content (AvgIpc) is 2.72. The summed E-state index contributed by atoms with van der Waals surface area (Å²) in [5.41, 5.74) is 3.71. The van der Waals surface area contributed by atoms with Crippen molar-refractivity contribution in [1.82, 2.24) is 15.0 Å². The van der Waals surface area contributed by atoms with Crippen molar-refractivity contribution in [3.05, 3.63) is 90.2 Å². The number of fused-ring (bicyclic) bond motifs is 1. The second-order valence-corrected chi connectivity index (χ2v) is 6.40. The molecule has 0 aliphatic rings. The highest BCUT2D eigenvalue weighted by Crippen LogP contribution is 2.26. The van der Waals surface area contributed by atoms with Gasteiger partial charge in [-0.1, -0.05) is 73.8 Å². The summed E-state index contributed by atoms with van der Waals surface area (Å²) in [6, 6.07) is 20.1. The minimum absolute atomic E-state index is 0.163. The SMILES string of the molecule is C=Cc1ccc(-c2nc(Cl)nc(-c3ccc4ccccc4c3)n2)cc1C=C. The molecular weight excluding hydrogens is 354 g/mol. The quantitative estimate of drug-likeness (QED) is 0.423. The Kier molecular flexibility index (Phi) is 4.53. The van der Waals surface area contributed by atoms with Crippen molar-refractivity contribution in [2.75, 3.05) is 0 Å². The van der Waals surface area contributed by atoms with Gasteiger partial charge in [-0.25, -0.2) is 4.98 Å². The number of aromatic nitrogens is 3. The highest BCUT2D eigenvalue weighted by molar-refractivity contribution is 6.28.